The summed E-state index contributed by atoms with van der Waals surface area (Å²) in [6, 6.07) is 4.43. The van der Waals surface area contributed by atoms with Crippen LogP contribution in [0.15, 0.2) is 30.6 Å². The number of nitrogens with zero attached hydrogens (tertiary/aromatic N) is 2. The molecule has 0 saturated carbocycles. The van der Waals surface area contributed by atoms with E-state index in [0.29, 0.717) is 28.9 Å². The van der Waals surface area contributed by atoms with Gasteiger partial charge in [-0.15, -0.1) is 0 Å². The number of amides is 2. The van der Waals surface area contributed by atoms with Gasteiger partial charge in [-0.3, -0.25) is 9.59 Å². The van der Waals surface area contributed by atoms with Gasteiger partial charge in [0.1, 0.15) is 5.82 Å². The van der Waals surface area contributed by atoms with Crippen LogP contribution in [0.4, 0.5) is 14.6 Å². The van der Waals surface area contributed by atoms with E-state index in [4.69, 9.17) is 4.74 Å². The summed E-state index contributed by atoms with van der Waals surface area (Å²) in [6.45, 7) is 6.45. The van der Waals surface area contributed by atoms with Gasteiger partial charge in [-0.2, -0.15) is 0 Å². The van der Waals surface area contributed by atoms with Crippen LogP contribution in [0.2, 0.25) is 0 Å². The molecule has 2 N–H and O–H groups in total. The lowest BCUT2D eigenvalue weighted by Crippen LogP contribution is -2.27. The van der Waals surface area contributed by atoms with Crippen molar-refractivity contribution in [3.05, 3.63) is 47.3 Å². The van der Waals surface area contributed by atoms with E-state index in [1.807, 2.05) is 6.92 Å². The van der Waals surface area contributed by atoms with Gasteiger partial charge in [0.15, 0.2) is 6.61 Å². The molecule has 30 heavy (non-hydrogen) atoms. The van der Waals surface area contributed by atoms with E-state index in [-0.39, 0.29) is 29.7 Å². The Bertz CT molecular complexity index is 890. The van der Waals surface area contributed by atoms with Crippen molar-refractivity contribution < 1.29 is 23.1 Å². The van der Waals surface area contributed by atoms with Crippen molar-refractivity contribution in [3.8, 4) is 5.88 Å². The molecule has 0 aliphatic carbocycles. The third-order valence-corrected chi connectivity index (χ3v) is 4.32. The van der Waals surface area contributed by atoms with Gasteiger partial charge in [0.25, 0.3) is 12.3 Å². The molecule has 1 unspecified atom stereocenters. The van der Waals surface area contributed by atoms with E-state index < -0.39 is 13.0 Å². The molecular weight excluding hydrogens is 394 g/mol. The van der Waals surface area contributed by atoms with Crippen molar-refractivity contribution in [1.82, 2.24) is 15.3 Å². The molecule has 2 heterocycles. The molecular formula is C21H26F2N4O3. The number of nitrogens with one attached hydrogen (secondary N) is 2. The number of carbonyl (C=O) groups excluding carboxylic acids is 2. The summed E-state index contributed by atoms with van der Waals surface area (Å²) in [6.07, 6.45) is 0.904. The highest BCUT2D eigenvalue weighted by molar-refractivity contribution is 5.97. The van der Waals surface area contributed by atoms with Crippen LogP contribution in [0.5, 0.6) is 5.88 Å². The minimum atomic E-state index is -2.58. The number of aryl methyl sites for hydroxylation is 1. The van der Waals surface area contributed by atoms with Gasteiger partial charge in [0.2, 0.25) is 11.8 Å². The van der Waals surface area contributed by atoms with Crippen LogP contribution >= 0.6 is 0 Å². The first-order valence-corrected chi connectivity index (χ1v) is 9.68. The SMILES string of the molecule is CCc1cc(C(C)NC(=O)c2ccnc(NC(=O)C(C)C)c2)cnc1OCC(F)F. The molecule has 0 bridgehead atoms. The third-order valence-electron chi connectivity index (χ3n) is 4.32. The number of alkyl halides is 2. The van der Waals surface area contributed by atoms with E-state index >= 15 is 0 Å². The molecule has 162 valence electrons. The molecule has 1 atom stereocenters. The number of anilines is 1. The molecule has 0 aliphatic heterocycles. The maximum absolute atomic E-state index is 12.6. The first-order chi connectivity index (χ1) is 14.2. The number of carbonyl (C=O) groups is 2. The second-order valence-electron chi connectivity index (χ2n) is 7.06. The Labute approximate surface area is 174 Å². The van der Waals surface area contributed by atoms with Crippen LogP contribution in [0, 0.1) is 5.92 Å². The predicted molar refractivity (Wildman–Crippen MR) is 109 cm³/mol. The van der Waals surface area contributed by atoms with Crippen LogP contribution in [0.1, 0.15) is 55.2 Å². The topological polar surface area (TPSA) is 93.2 Å². The number of rotatable bonds is 9. The zero-order valence-corrected chi connectivity index (χ0v) is 17.4. The average Bonchev–Trinajstić information content (AvgIpc) is 2.71. The van der Waals surface area contributed by atoms with E-state index in [1.54, 1.807) is 32.9 Å². The molecule has 0 aliphatic rings. The lowest BCUT2D eigenvalue weighted by molar-refractivity contribution is -0.118. The number of pyridine rings is 2. The number of ether oxygens (including phenoxy) is 1. The number of aromatic nitrogens is 2. The van der Waals surface area contributed by atoms with Crippen molar-refractivity contribution in [2.75, 3.05) is 11.9 Å². The molecule has 0 aromatic carbocycles. The van der Waals surface area contributed by atoms with Crippen molar-refractivity contribution in [1.29, 1.82) is 0 Å². The van der Waals surface area contributed by atoms with Crippen molar-refractivity contribution in [3.63, 3.8) is 0 Å². The highest BCUT2D eigenvalue weighted by atomic mass is 19.3. The second-order valence-corrected chi connectivity index (χ2v) is 7.06. The minimum absolute atomic E-state index is 0.166. The summed E-state index contributed by atoms with van der Waals surface area (Å²) < 4.78 is 29.8. The molecule has 0 spiro atoms. The van der Waals surface area contributed by atoms with E-state index in [2.05, 4.69) is 20.6 Å². The Morgan fingerprint density at radius 2 is 1.90 bits per heavy atom. The Morgan fingerprint density at radius 1 is 1.17 bits per heavy atom. The van der Waals surface area contributed by atoms with Gasteiger partial charge in [-0.05, 0) is 37.1 Å². The summed E-state index contributed by atoms with van der Waals surface area (Å²) in [7, 11) is 0. The third kappa shape index (κ3) is 6.47. The average molecular weight is 420 g/mol. The molecule has 2 amide bonds. The smallest absolute Gasteiger partial charge is 0.272 e. The van der Waals surface area contributed by atoms with Crippen LogP contribution in [-0.4, -0.2) is 34.8 Å². The van der Waals surface area contributed by atoms with Gasteiger partial charge in [0, 0.05) is 29.4 Å². The van der Waals surface area contributed by atoms with E-state index in [9.17, 15) is 18.4 Å². The summed E-state index contributed by atoms with van der Waals surface area (Å²) in [5.74, 6) is -0.289. The predicted octanol–water partition coefficient (Wildman–Crippen LogP) is 3.77. The zero-order chi connectivity index (χ0) is 22.3. The van der Waals surface area contributed by atoms with Crippen LogP contribution in [0.25, 0.3) is 0 Å². The van der Waals surface area contributed by atoms with Gasteiger partial charge >= 0.3 is 0 Å². The summed E-state index contributed by atoms with van der Waals surface area (Å²) in [5, 5.41) is 5.51. The number of hydrogen-bond donors (Lipinski definition) is 2. The highest BCUT2D eigenvalue weighted by Gasteiger charge is 2.16. The molecule has 2 rings (SSSR count). The lowest BCUT2D eigenvalue weighted by Gasteiger charge is -2.17. The fraction of sp³-hybridized carbons (Fsp3) is 0.429. The maximum Gasteiger partial charge on any atom is 0.272 e. The standard InChI is InChI=1S/C21H26F2N4O3/c1-5-14-8-16(10-25-21(14)30-11-17(22)23)13(4)26-20(29)15-6-7-24-18(9-15)27-19(28)12(2)3/h6-10,12-13,17H,5,11H2,1-4H3,(H,26,29)(H,24,27,28). The first-order valence-electron chi connectivity index (χ1n) is 9.68. The van der Waals surface area contributed by atoms with Crippen molar-refractivity contribution in [2.24, 2.45) is 5.92 Å². The largest absolute Gasteiger partial charge is 0.471 e. The summed E-state index contributed by atoms with van der Waals surface area (Å²) >= 11 is 0. The van der Waals surface area contributed by atoms with Crippen molar-refractivity contribution >= 4 is 17.6 Å². The molecule has 0 saturated heterocycles. The normalized spacial score (nSPS) is 12.0. The fourth-order valence-electron chi connectivity index (χ4n) is 2.55. The molecule has 0 fully saturated rings. The van der Waals surface area contributed by atoms with Crippen LogP contribution < -0.4 is 15.4 Å². The Hall–Kier alpha value is -3.10. The zero-order valence-electron chi connectivity index (χ0n) is 17.4. The van der Waals surface area contributed by atoms with Gasteiger partial charge < -0.3 is 15.4 Å². The first kappa shape index (κ1) is 23.2. The summed E-state index contributed by atoms with van der Waals surface area (Å²) in [4.78, 5) is 32.6. The lowest BCUT2D eigenvalue weighted by atomic mass is 10.1. The fourth-order valence-corrected chi connectivity index (χ4v) is 2.55. The van der Waals surface area contributed by atoms with Gasteiger partial charge in [0.05, 0.1) is 6.04 Å². The maximum atomic E-state index is 12.6. The van der Waals surface area contributed by atoms with Crippen LogP contribution in [0.3, 0.4) is 0 Å². The van der Waals surface area contributed by atoms with Gasteiger partial charge in [-0.1, -0.05) is 20.8 Å². The molecule has 2 aromatic rings. The molecule has 0 radical (unpaired) electrons. The number of halogens is 2. The molecule has 9 heteroatoms. The van der Waals surface area contributed by atoms with Gasteiger partial charge in [-0.25, -0.2) is 18.7 Å². The second kappa shape index (κ2) is 10.6. The Balaban J connectivity index is 2.09. The van der Waals surface area contributed by atoms with E-state index in [1.165, 1.54) is 18.5 Å². The van der Waals surface area contributed by atoms with Crippen LogP contribution in [-0.2, 0) is 11.2 Å². The highest BCUT2D eigenvalue weighted by Crippen LogP contribution is 2.22. The molecule has 2 aromatic heterocycles. The monoisotopic (exact) mass is 420 g/mol. The quantitative estimate of drug-likeness (QED) is 0.644. The summed E-state index contributed by atoms with van der Waals surface area (Å²) in [5.41, 5.74) is 1.74. The molecule has 7 nitrogen and oxygen atoms in total. The number of hydrogen-bond acceptors (Lipinski definition) is 5. The van der Waals surface area contributed by atoms with Crippen molar-refractivity contribution in [2.45, 2.75) is 46.6 Å². The van der Waals surface area contributed by atoms with E-state index in [0.717, 1.165) is 0 Å². The Kier molecular flexibility index (Phi) is 8.20. The minimum Gasteiger partial charge on any atom is -0.471 e. The Morgan fingerprint density at radius 3 is 2.53 bits per heavy atom.